The molecule has 22 heavy (non-hydrogen) atoms. The van der Waals surface area contributed by atoms with Crippen LogP contribution in [0, 0.1) is 0 Å². The van der Waals surface area contributed by atoms with Gasteiger partial charge in [0.25, 0.3) is 0 Å². The van der Waals surface area contributed by atoms with Crippen molar-refractivity contribution < 1.29 is 15.3 Å². The Labute approximate surface area is 130 Å². The summed E-state index contributed by atoms with van der Waals surface area (Å²) < 4.78 is 0. The van der Waals surface area contributed by atoms with Gasteiger partial charge in [-0.1, -0.05) is 52.0 Å². The average molecular weight is 308 g/mol. The molecule has 3 rings (SSSR count). The van der Waals surface area contributed by atoms with E-state index < -0.39 is 8.80 Å². The van der Waals surface area contributed by atoms with Gasteiger partial charge in [0.05, 0.1) is 0 Å². The maximum atomic E-state index is 9.50. The summed E-state index contributed by atoms with van der Waals surface area (Å²) >= 11 is 0. The van der Waals surface area contributed by atoms with E-state index in [-0.39, 0.29) is 17.2 Å². The van der Waals surface area contributed by atoms with Gasteiger partial charge in [-0.05, 0) is 36.4 Å². The molecule has 3 aromatic rings. The van der Waals surface area contributed by atoms with E-state index in [9.17, 15) is 15.3 Å². The molecule has 0 atom stereocenters. The SMILES string of the molecule is Oc1ccc([SiH](c2ccc(O)cc2)c2ccc(O)cc2)cc1. The Hall–Kier alpha value is -2.72. The van der Waals surface area contributed by atoms with Gasteiger partial charge in [0, 0.05) is 0 Å². The van der Waals surface area contributed by atoms with Gasteiger partial charge in [0.2, 0.25) is 0 Å². The Morgan fingerprint density at radius 1 is 0.409 bits per heavy atom. The zero-order valence-electron chi connectivity index (χ0n) is 11.8. The fourth-order valence-corrected chi connectivity index (χ4v) is 5.46. The summed E-state index contributed by atoms with van der Waals surface area (Å²) in [6.45, 7) is 0. The number of phenolic OH excluding ortho intramolecular Hbond substituents is 3. The van der Waals surface area contributed by atoms with Crippen molar-refractivity contribution in [3.63, 3.8) is 0 Å². The molecular weight excluding hydrogens is 292 g/mol. The standard InChI is InChI=1S/C18H16O3Si/c19-13-1-7-16(8-2-13)22(17-9-3-14(20)4-10-17)18-11-5-15(21)6-12-18/h1-12,19-22H. The molecule has 0 fully saturated rings. The van der Waals surface area contributed by atoms with Gasteiger partial charge < -0.3 is 15.3 Å². The second-order valence-electron chi connectivity index (χ2n) is 5.21. The second-order valence-corrected chi connectivity index (χ2v) is 8.07. The lowest BCUT2D eigenvalue weighted by atomic mass is 10.3. The van der Waals surface area contributed by atoms with Gasteiger partial charge >= 0.3 is 0 Å². The molecule has 0 aromatic heterocycles. The minimum atomic E-state index is -1.70. The predicted molar refractivity (Wildman–Crippen MR) is 90.4 cm³/mol. The smallest absolute Gasteiger partial charge is 0.132 e. The zero-order chi connectivity index (χ0) is 15.5. The van der Waals surface area contributed by atoms with Crippen LogP contribution in [0.1, 0.15) is 0 Å². The Kier molecular flexibility index (Phi) is 3.85. The highest BCUT2D eigenvalue weighted by atomic mass is 28.3. The lowest BCUT2D eigenvalue weighted by Crippen LogP contribution is -2.51. The molecule has 3 aromatic carbocycles. The number of aromatic hydroxyl groups is 3. The molecule has 0 saturated heterocycles. The lowest BCUT2D eigenvalue weighted by Gasteiger charge is -2.17. The molecule has 0 aliphatic heterocycles. The Morgan fingerprint density at radius 2 is 0.636 bits per heavy atom. The molecule has 0 radical (unpaired) electrons. The number of benzene rings is 3. The molecule has 0 aliphatic carbocycles. The molecule has 0 aliphatic rings. The quantitative estimate of drug-likeness (QED) is 0.501. The molecule has 3 nitrogen and oxygen atoms in total. The van der Waals surface area contributed by atoms with Crippen LogP contribution in [0.4, 0.5) is 0 Å². The van der Waals surface area contributed by atoms with Crippen molar-refractivity contribution in [2.75, 3.05) is 0 Å². The largest absolute Gasteiger partial charge is 0.508 e. The van der Waals surface area contributed by atoms with E-state index in [0.717, 1.165) is 15.6 Å². The number of hydrogen-bond donors (Lipinski definition) is 3. The van der Waals surface area contributed by atoms with Crippen LogP contribution in [0.25, 0.3) is 0 Å². The lowest BCUT2D eigenvalue weighted by molar-refractivity contribution is 0.475. The normalized spacial score (nSPS) is 10.8. The molecule has 3 N–H and O–H groups in total. The molecule has 0 unspecified atom stereocenters. The first kappa shape index (κ1) is 14.2. The van der Waals surface area contributed by atoms with Crippen LogP contribution in [-0.4, -0.2) is 24.1 Å². The maximum absolute atomic E-state index is 9.50. The monoisotopic (exact) mass is 308 g/mol. The fraction of sp³-hybridized carbons (Fsp3) is 0. The second kappa shape index (κ2) is 5.95. The highest BCUT2D eigenvalue weighted by molar-refractivity contribution is 6.95. The van der Waals surface area contributed by atoms with E-state index in [1.165, 1.54) is 0 Å². The first-order chi connectivity index (χ1) is 10.6. The van der Waals surface area contributed by atoms with Crippen LogP contribution in [-0.2, 0) is 0 Å². The van der Waals surface area contributed by atoms with Crippen molar-refractivity contribution in [1.29, 1.82) is 0 Å². The van der Waals surface area contributed by atoms with Crippen molar-refractivity contribution in [1.82, 2.24) is 0 Å². The van der Waals surface area contributed by atoms with Crippen LogP contribution in [0.2, 0.25) is 0 Å². The summed E-state index contributed by atoms with van der Waals surface area (Å²) in [6.07, 6.45) is 0. The van der Waals surface area contributed by atoms with E-state index in [4.69, 9.17) is 0 Å². The van der Waals surface area contributed by atoms with Gasteiger partial charge in [-0.3, -0.25) is 0 Å². The van der Waals surface area contributed by atoms with Gasteiger partial charge in [-0.15, -0.1) is 0 Å². The third kappa shape index (κ3) is 2.97. The molecule has 0 spiro atoms. The summed E-state index contributed by atoms with van der Waals surface area (Å²) in [5.74, 6) is 0.730. The van der Waals surface area contributed by atoms with Gasteiger partial charge in [-0.2, -0.15) is 0 Å². The predicted octanol–water partition coefficient (Wildman–Crippen LogP) is 1.05. The third-order valence-corrected chi connectivity index (χ3v) is 6.83. The summed E-state index contributed by atoms with van der Waals surface area (Å²) in [5.41, 5.74) is 0. The van der Waals surface area contributed by atoms with Gasteiger partial charge in [0.1, 0.15) is 26.0 Å². The van der Waals surface area contributed by atoms with Crippen molar-refractivity contribution in [3.05, 3.63) is 72.8 Å². The molecule has 0 saturated carbocycles. The van der Waals surface area contributed by atoms with Crippen molar-refractivity contribution in [3.8, 4) is 17.2 Å². The van der Waals surface area contributed by atoms with Crippen molar-refractivity contribution in [2.24, 2.45) is 0 Å². The summed E-state index contributed by atoms with van der Waals surface area (Å²) in [6, 6.07) is 21.8. The summed E-state index contributed by atoms with van der Waals surface area (Å²) in [7, 11) is -1.70. The first-order valence-electron chi connectivity index (χ1n) is 7.00. The van der Waals surface area contributed by atoms with Crippen molar-refractivity contribution >= 4 is 24.4 Å². The van der Waals surface area contributed by atoms with E-state index in [0.29, 0.717) is 0 Å². The first-order valence-corrected chi connectivity index (χ1v) is 8.73. The van der Waals surface area contributed by atoms with Crippen LogP contribution < -0.4 is 15.6 Å². The highest BCUT2D eigenvalue weighted by Gasteiger charge is 2.19. The third-order valence-electron chi connectivity index (χ3n) is 3.68. The minimum absolute atomic E-state index is 0.243. The molecule has 110 valence electrons. The van der Waals surface area contributed by atoms with Gasteiger partial charge in [0.15, 0.2) is 0 Å². The zero-order valence-corrected chi connectivity index (χ0v) is 13.0. The Balaban J connectivity index is 2.10. The molecular formula is C18H16O3Si. The number of hydrogen-bond acceptors (Lipinski definition) is 3. The minimum Gasteiger partial charge on any atom is -0.508 e. The van der Waals surface area contributed by atoms with E-state index in [2.05, 4.69) is 0 Å². The van der Waals surface area contributed by atoms with Crippen LogP contribution in [0.15, 0.2) is 72.8 Å². The topological polar surface area (TPSA) is 60.7 Å². The molecule has 0 amide bonds. The molecule has 0 heterocycles. The van der Waals surface area contributed by atoms with Gasteiger partial charge in [-0.25, -0.2) is 0 Å². The fourth-order valence-electron chi connectivity index (χ4n) is 2.58. The van der Waals surface area contributed by atoms with Crippen LogP contribution >= 0.6 is 0 Å². The van der Waals surface area contributed by atoms with E-state index in [1.807, 2.05) is 36.4 Å². The van der Waals surface area contributed by atoms with E-state index in [1.54, 1.807) is 36.4 Å². The molecule has 0 bridgehead atoms. The number of rotatable bonds is 3. The Bertz CT molecular complexity index is 642. The van der Waals surface area contributed by atoms with E-state index >= 15 is 0 Å². The highest BCUT2D eigenvalue weighted by Crippen LogP contribution is 2.09. The van der Waals surface area contributed by atoms with Crippen LogP contribution in [0.3, 0.4) is 0 Å². The molecule has 4 heteroatoms. The van der Waals surface area contributed by atoms with Crippen LogP contribution in [0.5, 0.6) is 17.2 Å². The summed E-state index contributed by atoms with van der Waals surface area (Å²) in [5, 5.41) is 32.0. The average Bonchev–Trinajstić information content (AvgIpc) is 2.53. The maximum Gasteiger partial charge on any atom is 0.132 e. The number of phenols is 3. The Morgan fingerprint density at radius 3 is 0.864 bits per heavy atom. The van der Waals surface area contributed by atoms with Crippen molar-refractivity contribution in [2.45, 2.75) is 0 Å². The summed E-state index contributed by atoms with van der Waals surface area (Å²) in [4.78, 5) is 0.